The van der Waals surface area contributed by atoms with E-state index in [0.29, 0.717) is 63.0 Å². The molecule has 3 amide bonds. The Morgan fingerprint density at radius 2 is 1.69 bits per heavy atom. The van der Waals surface area contributed by atoms with Gasteiger partial charge in [0.2, 0.25) is 5.91 Å². The van der Waals surface area contributed by atoms with Crippen molar-refractivity contribution >= 4 is 35.2 Å². The molecule has 2 bridgehead atoms. The summed E-state index contributed by atoms with van der Waals surface area (Å²) in [6.45, 7) is 6.81. The third-order valence-electron chi connectivity index (χ3n) is 7.48. The van der Waals surface area contributed by atoms with Crippen LogP contribution in [0.2, 0.25) is 5.15 Å². The molecule has 1 aromatic rings. The molecule has 1 aliphatic heterocycles. The highest BCUT2D eigenvalue weighted by Gasteiger charge is 2.53. The second kappa shape index (κ2) is 10.4. The summed E-state index contributed by atoms with van der Waals surface area (Å²) in [5.41, 5.74) is 4.60. The van der Waals surface area contributed by atoms with Crippen LogP contribution in [0.1, 0.15) is 82.5 Å². The highest BCUT2D eigenvalue weighted by atomic mass is 35.5. The van der Waals surface area contributed by atoms with Gasteiger partial charge in [0.25, 0.3) is 5.91 Å². The lowest BCUT2D eigenvalue weighted by molar-refractivity contribution is -0.139. The number of rotatable bonds is 5. The van der Waals surface area contributed by atoms with Crippen LogP contribution in [-0.4, -0.2) is 53.3 Å². The molecule has 2 heterocycles. The van der Waals surface area contributed by atoms with Crippen molar-refractivity contribution in [3.8, 4) is 0 Å². The van der Waals surface area contributed by atoms with Crippen LogP contribution >= 0.6 is 11.6 Å². The van der Waals surface area contributed by atoms with Gasteiger partial charge in [-0.2, -0.15) is 0 Å². The van der Waals surface area contributed by atoms with Crippen LogP contribution in [0.4, 0.5) is 10.5 Å². The van der Waals surface area contributed by atoms with E-state index in [1.165, 1.54) is 6.20 Å². The monoisotopic (exact) mass is 521 g/mol. The van der Waals surface area contributed by atoms with E-state index < -0.39 is 23.0 Å². The summed E-state index contributed by atoms with van der Waals surface area (Å²) in [7, 11) is 0. The van der Waals surface area contributed by atoms with Crippen LogP contribution < -0.4 is 21.5 Å². The van der Waals surface area contributed by atoms with Crippen LogP contribution in [0.15, 0.2) is 12.3 Å². The number of nitrogens with zero attached hydrogens (tertiary/aromatic N) is 1. The maximum Gasteiger partial charge on any atom is 0.408 e. The molecule has 0 unspecified atom stereocenters. The van der Waals surface area contributed by atoms with Crippen molar-refractivity contribution in [1.82, 2.24) is 21.2 Å². The van der Waals surface area contributed by atoms with Crippen molar-refractivity contribution in [3.63, 3.8) is 0 Å². The number of ether oxygens (including phenoxy) is 2. The molecular weight excluding hydrogens is 486 g/mol. The average Bonchev–Trinajstić information content (AvgIpc) is 2.83. The number of carbonyl (C=O) groups excluding carboxylic acids is 3. The number of pyridine rings is 1. The number of hydrogen-bond acceptors (Lipinski definition) is 7. The minimum atomic E-state index is -0.564. The molecule has 10 nitrogen and oxygen atoms in total. The van der Waals surface area contributed by atoms with Crippen LogP contribution in [-0.2, 0) is 14.3 Å². The van der Waals surface area contributed by atoms with Gasteiger partial charge < -0.3 is 20.1 Å². The van der Waals surface area contributed by atoms with Crippen molar-refractivity contribution < 1.29 is 23.9 Å². The summed E-state index contributed by atoms with van der Waals surface area (Å²) < 4.78 is 10.8. The van der Waals surface area contributed by atoms with E-state index in [1.54, 1.807) is 6.07 Å². The standard InChI is InChI=1S/C25H36ClN5O5/c1-23(2,3)36-22(34)29-25-9-6-24(7-10-25,8-11-25)21(33)31-30-20(32)17-15-27-19(26)14-18(17)28-16-4-12-35-13-5-16/h14-16H,4-13H2,1-3H3,(H,27,28)(H,29,34)(H,30,32)(H,31,33). The van der Waals surface area contributed by atoms with Crippen molar-refractivity contribution in [1.29, 1.82) is 0 Å². The molecule has 11 heteroatoms. The highest BCUT2D eigenvalue weighted by Crippen LogP contribution is 2.52. The molecule has 5 rings (SSSR count). The number of halogens is 1. The Bertz CT molecular complexity index is 981. The van der Waals surface area contributed by atoms with Crippen molar-refractivity contribution in [2.24, 2.45) is 5.41 Å². The number of anilines is 1. The topological polar surface area (TPSA) is 131 Å². The summed E-state index contributed by atoms with van der Waals surface area (Å²) >= 11 is 6.07. The fourth-order valence-electron chi connectivity index (χ4n) is 5.34. The molecule has 36 heavy (non-hydrogen) atoms. The zero-order valence-electron chi connectivity index (χ0n) is 21.2. The third kappa shape index (κ3) is 6.21. The van der Waals surface area contributed by atoms with Gasteiger partial charge in [0.05, 0.1) is 16.7 Å². The first-order chi connectivity index (χ1) is 17.0. The smallest absolute Gasteiger partial charge is 0.408 e. The number of alkyl carbamates (subject to hydrolysis) is 1. The van der Waals surface area contributed by atoms with Crippen LogP contribution in [0, 0.1) is 5.41 Å². The maximum absolute atomic E-state index is 13.2. The molecule has 4 N–H and O–H groups in total. The molecule has 1 aromatic heterocycles. The molecule has 0 atom stereocenters. The Labute approximate surface area is 216 Å². The number of hydrogen-bond donors (Lipinski definition) is 4. The molecule has 0 aromatic carbocycles. The fourth-order valence-corrected chi connectivity index (χ4v) is 5.50. The van der Waals surface area contributed by atoms with Gasteiger partial charge in [0.15, 0.2) is 0 Å². The summed E-state index contributed by atoms with van der Waals surface area (Å²) in [5.74, 6) is -0.673. The minimum absolute atomic E-state index is 0.163. The average molecular weight is 522 g/mol. The highest BCUT2D eigenvalue weighted by molar-refractivity contribution is 6.29. The lowest BCUT2D eigenvalue weighted by Gasteiger charge is -2.52. The molecule has 4 aliphatic rings. The molecule has 0 spiro atoms. The second-order valence-corrected chi connectivity index (χ2v) is 11.6. The van der Waals surface area contributed by atoms with Gasteiger partial charge in [-0.3, -0.25) is 20.4 Å². The second-order valence-electron chi connectivity index (χ2n) is 11.2. The SMILES string of the molecule is CC(C)(C)OC(=O)NC12CCC(C(=O)NNC(=O)c3cnc(Cl)cc3NC3CCOCC3)(CC1)CC2. The lowest BCUT2D eigenvalue weighted by Crippen LogP contribution is -2.61. The predicted molar refractivity (Wildman–Crippen MR) is 135 cm³/mol. The van der Waals surface area contributed by atoms with Crippen molar-refractivity contribution in [3.05, 3.63) is 23.0 Å². The molecule has 3 aliphatic carbocycles. The Hall–Kier alpha value is -2.59. The van der Waals surface area contributed by atoms with E-state index >= 15 is 0 Å². The number of hydrazine groups is 1. The lowest BCUT2D eigenvalue weighted by atomic mass is 9.57. The Balaban J connectivity index is 1.33. The molecule has 3 saturated carbocycles. The van der Waals surface area contributed by atoms with Gasteiger partial charge in [-0.25, -0.2) is 9.78 Å². The Kier molecular flexibility index (Phi) is 7.66. The fraction of sp³-hybridized carbons (Fsp3) is 0.680. The van der Waals surface area contributed by atoms with Gasteiger partial charge >= 0.3 is 6.09 Å². The van der Waals surface area contributed by atoms with Gasteiger partial charge in [0.1, 0.15) is 10.8 Å². The third-order valence-corrected chi connectivity index (χ3v) is 7.69. The van der Waals surface area contributed by atoms with Crippen molar-refractivity contribution in [2.75, 3.05) is 18.5 Å². The maximum atomic E-state index is 13.2. The summed E-state index contributed by atoms with van der Waals surface area (Å²) in [4.78, 5) is 42.5. The number of carbonyl (C=O) groups is 3. The summed E-state index contributed by atoms with van der Waals surface area (Å²) in [5, 5.41) is 6.69. The number of fused-ring (bicyclic) bond motifs is 3. The van der Waals surface area contributed by atoms with E-state index in [-0.39, 0.29) is 22.6 Å². The van der Waals surface area contributed by atoms with Crippen LogP contribution in [0.5, 0.6) is 0 Å². The normalized spacial score (nSPS) is 26.1. The van der Waals surface area contributed by atoms with E-state index in [4.69, 9.17) is 21.1 Å². The van der Waals surface area contributed by atoms with Gasteiger partial charge in [-0.15, -0.1) is 0 Å². The van der Waals surface area contributed by atoms with E-state index in [1.807, 2.05) is 20.8 Å². The van der Waals surface area contributed by atoms with E-state index in [0.717, 1.165) is 12.8 Å². The Morgan fingerprint density at radius 3 is 2.31 bits per heavy atom. The predicted octanol–water partition coefficient (Wildman–Crippen LogP) is 3.70. The first kappa shape index (κ1) is 26.5. The van der Waals surface area contributed by atoms with Gasteiger partial charge in [0, 0.05) is 31.0 Å². The van der Waals surface area contributed by atoms with Crippen LogP contribution in [0.25, 0.3) is 0 Å². The molecular formula is C25H36ClN5O5. The first-order valence-electron chi connectivity index (χ1n) is 12.6. The van der Waals surface area contributed by atoms with E-state index in [2.05, 4.69) is 26.5 Å². The first-order valence-corrected chi connectivity index (χ1v) is 13.0. The number of nitrogens with one attached hydrogen (secondary N) is 4. The summed E-state index contributed by atoms with van der Waals surface area (Å²) in [6.07, 6.45) is 6.58. The zero-order chi connectivity index (χ0) is 26.0. The number of amides is 3. The number of aromatic nitrogens is 1. The molecule has 1 saturated heterocycles. The molecule has 198 valence electrons. The molecule has 0 radical (unpaired) electrons. The van der Waals surface area contributed by atoms with Crippen LogP contribution in [0.3, 0.4) is 0 Å². The van der Waals surface area contributed by atoms with Gasteiger partial charge in [-0.05, 0) is 78.2 Å². The van der Waals surface area contributed by atoms with Crippen molar-refractivity contribution in [2.45, 2.75) is 89.3 Å². The minimum Gasteiger partial charge on any atom is -0.444 e. The summed E-state index contributed by atoms with van der Waals surface area (Å²) in [6, 6.07) is 1.78. The van der Waals surface area contributed by atoms with Gasteiger partial charge in [-0.1, -0.05) is 11.6 Å². The quantitative estimate of drug-likeness (QED) is 0.343. The largest absolute Gasteiger partial charge is 0.444 e. The zero-order valence-corrected chi connectivity index (χ0v) is 21.9. The molecule has 4 fully saturated rings. The Morgan fingerprint density at radius 1 is 1.06 bits per heavy atom. The van der Waals surface area contributed by atoms with E-state index in [9.17, 15) is 14.4 Å².